The molecule has 0 saturated carbocycles. The van der Waals surface area contributed by atoms with Gasteiger partial charge in [-0.1, -0.05) is 36.4 Å². The molecular weight excluding hydrogens is 268 g/mol. The van der Waals surface area contributed by atoms with E-state index in [1.165, 1.54) is 5.56 Å². The molecule has 5 nitrogen and oxygen atoms in total. The molecule has 0 saturated heterocycles. The van der Waals surface area contributed by atoms with Crippen molar-refractivity contribution in [3.8, 4) is 0 Å². The zero-order valence-corrected chi connectivity index (χ0v) is 11.9. The smallest absolute Gasteiger partial charge is 0.250 e. The lowest BCUT2D eigenvalue weighted by atomic mass is 10.1. The number of nitrogens with one attached hydrogen (secondary N) is 1. The van der Waals surface area contributed by atoms with Crippen molar-refractivity contribution < 1.29 is 14.8 Å². The van der Waals surface area contributed by atoms with Gasteiger partial charge in [0, 0.05) is 18.7 Å². The highest BCUT2D eigenvalue weighted by atomic mass is 16.5. The van der Waals surface area contributed by atoms with E-state index in [2.05, 4.69) is 12.1 Å². The van der Waals surface area contributed by atoms with E-state index in [0.717, 1.165) is 19.3 Å². The van der Waals surface area contributed by atoms with Gasteiger partial charge in [0.25, 0.3) is 0 Å². The maximum absolute atomic E-state index is 12.0. The number of hydroxylamine groups is 1. The van der Waals surface area contributed by atoms with Gasteiger partial charge < -0.3 is 4.90 Å². The number of rotatable bonds is 7. The summed E-state index contributed by atoms with van der Waals surface area (Å²) in [7, 11) is 0. The van der Waals surface area contributed by atoms with E-state index < -0.39 is 5.91 Å². The van der Waals surface area contributed by atoms with Gasteiger partial charge in [-0.2, -0.15) is 0 Å². The van der Waals surface area contributed by atoms with E-state index in [1.807, 2.05) is 18.2 Å². The van der Waals surface area contributed by atoms with Crippen molar-refractivity contribution in [3.05, 3.63) is 47.5 Å². The van der Waals surface area contributed by atoms with Crippen LogP contribution in [0.5, 0.6) is 0 Å². The maximum Gasteiger partial charge on any atom is 0.250 e. The Bertz CT molecular complexity index is 526. The Morgan fingerprint density at radius 3 is 2.71 bits per heavy atom. The van der Waals surface area contributed by atoms with Gasteiger partial charge in [-0.3, -0.25) is 14.8 Å². The Balaban J connectivity index is 1.69. The van der Waals surface area contributed by atoms with E-state index >= 15 is 0 Å². The molecule has 2 rings (SSSR count). The third-order valence-corrected chi connectivity index (χ3v) is 3.58. The molecule has 1 aliphatic heterocycles. The standard InChI is InChI=1S/C16H20N2O3/c19-15(17-21)12-14-9-11-18(16(14)20)10-5-4-8-13-6-2-1-3-7-13/h1-3,6-7,9,21H,4-5,8,10-12H2,(H,17,19). The van der Waals surface area contributed by atoms with Gasteiger partial charge in [0.05, 0.1) is 6.42 Å². The number of unbranched alkanes of at least 4 members (excludes halogenated alkanes) is 1. The lowest BCUT2D eigenvalue weighted by molar-refractivity contribution is -0.131. The van der Waals surface area contributed by atoms with Crippen LogP contribution in [0.4, 0.5) is 0 Å². The third kappa shape index (κ3) is 4.43. The predicted octanol–water partition coefficient (Wildman–Crippen LogP) is 1.67. The zero-order valence-electron chi connectivity index (χ0n) is 11.9. The highest BCUT2D eigenvalue weighted by Crippen LogP contribution is 2.15. The molecule has 0 aliphatic carbocycles. The fourth-order valence-corrected chi connectivity index (χ4v) is 2.42. The minimum Gasteiger partial charge on any atom is -0.335 e. The van der Waals surface area contributed by atoms with Crippen LogP contribution < -0.4 is 5.48 Å². The van der Waals surface area contributed by atoms with Gasteiger partial charge in [-0.25, -0.2) is 5.48 Å². The van der Waals surface area contributed by atoms with Gasteiger partial charge >= 0.3 is 0 Å². The fourth-order valence-electron chi connectivity index (χ4n) is 2.42. The number of aryl methyl sites for hydroxylation is 1. The summed E-state index contributed by atoms with van der Waals surface area (Å²) in [6, 6.07) is 10.3. The van der Waals surface area contributed by atoms with Crippen LogP contribution in [0.25, 0.3) is 0 Å². The maximum atomic E-state index is 12.0. The Labute approximate surface area is 124 Å². The summed E-state index contributed by atoms with van der Waals surface area (Å²) in [5, 5.41) is 8.48. The minimum atomic E-state index is -0.555. The van der Waals surface area contributed by atoms with Gasteiger partial charge in [-0.05, 0) is 24.8 Å². The van der Waals surface area contributed by atoms with Crippen molar-refractivity contribution in [3.63, 3.8) is 0 Å². The third-order valence-electron chi connectivity index (χ3n) is 3.58. The molecule has 0 bridgehead atoms. The average molecular weight is 288 g/mol. The highest BCUT2D eigenvalue weighted by Gasteiger charge is 2.24. The Kier molecular flexibility index (Phi) is 5.51. The molecule has 0 spiro atoms. The van der Waals surface area contributed by atoms with Crippen LogP contribution in [0.3, 0.4) is 0 Å². The normalized spacial score (nSPS) is 14.2. The van der Waals surface area contributed by atoms with E-state index in [-0.39, 0.29) is 12.3 Å². The molecule has 1 aliphatic rings. The molecule has 1 aromatic carbocycles. The second-order valence-corrected chi connectivity index (χ2v) is 5.13. The molecule has 0 radical (unpaired) electrons. The molecule has 2 amide bonds. The molecule has 0 fully saturated rings. The molecular formula is C16H20N2O3. The SMILES string of the molecule is O=C(CC1=CCN(CCCCc2ccccc2)C1=O)NO. The molecule has 0 aromatic heterocycles. The van der Waals surface area contributed by atoms with Crippen LogP contribution in [-0.2, 0) is 16.0 Å². The minimum absolute atomic E-state index is 0.0597. The Morgan fingerprint density at radius 2 is 2.00 bits per heavy atom. The first kappa shape index (κ1) is 15.3. The summed E-state index contributed by atoms with van der Waals surface area (Å²) in [6.45, 7) is 1.25. The molecule has 0 unspecified atom stereocenters. The Morgan fingerprint density at radius 1 is 1.24 bits per heavy atom. The van der Waals surface area contributed by atoms with Crippen molar-refractivity contribution in [1.82, 2.24) is 10.4 Å². The summed E-state index contributed by atoms with van der Waals surface area (Å²) in [6.07, 6.45) is 4.68. The average Bonchev–Trinajstić information content (AvgIpc) is 2.85. The van der Waals surface area contributed by atoms with Gasteiger partial charge in [0.15, 0.2) is 0 Å². The molecule has 2 N–H and O–H groups in total. The van der Waals surface area contributed by atoms with Crippen molar-refractivity contribution >= 4 is 11.8 Å². The van der Waals surface area contributed by atoms with E-state index in [0.29, 0.717) is 18.7 Å². The fraction of sp³-hybridized carbons (Fsp3) is 0.375. The number of carbonyl (C=O) groups excluding carboxylic acids is 2. The van der Waals surface area contributed by atoms with Crippen LogP contribution in [0.2, 0.25) is 0 Å². The lowest BCUT2D eigenvalue weighted by Gasteiger charge is -2.16. The molecule has 1 heterocycles. The second kappa shape index (κ2) is 7.59. The Hall–Kier alpha value is -2.14. The van der Waals surface area contributed by atoms with Crippen LogP contribution in [-0.4, -0.2) is 35.0 Å². The van der Waals surface area contributed by atoms with Gasteiger partial charge in [0.2, 0.25) is 11.8 Å². The number of benzene rings is 1. The van der Waals surface area contributed by atoms with Crippen LogP contribution in [0, 0.1) is 0 Å². The van der Waals surface area contributed by atoms with Crippen molar-refractivity contribution in [1.29, 1.82) is 0 Å². The van der Waals surface area contributed by atoms with E-state index in [4.69, 9.17) is 5.21 Å². The molecule has 21 heavy (non-hydrogen) atoms. The summed E-state index contributed by atoms with van der Waals surface area (Å²) in [5.41, 5.74) is 3.32. The largest absolute Gasteiger partial charge is 0.335 e. The number of hydrogen-bond donors (Lipinski definition) is 2. The van der Waals surface area contributed by atoms with Gasteiger partial charge in [-0.15, -0.1) is 0 Å². The topological polar surface area (TPSA) is 69.6 Å². The number of nitrogens with zero attached hydrogens (tertiary/aromatic N) is 1. The zero-order chi connectivity index (χ0) is 15.1. The predicted molar refractivity (Wildman–Crippen MR) is 78.6 cm³/mol. The summed E-state index contributed by atoms with van der Waals surface area (Å²) >= 11 is 0. The quantitative estimate of drug-likeness (QED) is 0.455. The molecule has 112 valence electrons. The number of amides is 2. The number of hydrogen-bond acceptors (Lipinski definition) is 3. The van der Waals surface area contributed by atoms with Crippen LogP contribution in [0.1, 0.15) is 24.8 Å². The van der Waals surface area contributed by atoms with E-state index in [9.17, 15) is 9.59 Å². The van der Waals surface area contributed by atoms with E-state index in [1.54, 1.807) is 16.5 Å². The number of carbonyl (C=O) groups is 2. The van der Waals surface area contributed by atoms with Crippen molar-refractivity contribution in [2.45, 2.75) is 25.7 Å². The van der Waals surface area contributed by atoms with Crippen LogP contribution >= 0.6 is 0 Å². The molecule has 0 atom stereocenters. The second-order valence-electron chi connectivity index (χ2n) is 5.13. The highest BCUT2D eigenvalue weighted by molar-refractivity contribution is 6.00. The first-order valence-electron chi connectivity index (χ1n) is 7.16. The van der Waals surface area contributed by atoms with Crippen molar-refractivity contribution in [2.24, 2.45) is 0 Å². The summed E-state index contributed by atoms with van der Waals surface area (Å²) in [4.78, 5) is 24.8. The molecule has 5 heteroatoms. The lowest BCUT2D eigenvalue weighted by Crippen LogP contribution is -2.29. The van der Waals surface area contributed by atoms with Gasteiger partial charge in [0.1, 0.15) is 0 Å². The molecule has 1 aromatic rings. The first-order chi connectivity index (χ1) is 10.2. The summed E-state index contributed by atoms with van der Waals surface area (Å²) < 4.78 is 0. The monoisotopic (exact) mass is 288 g/mol. The summed E-state index contributed by atoms with van der Waals surface area (Å²) in [5.74, 6) is -0.654. The van der Waals surface area contributed by atoms with Crippen molar-refractivity contribution in [2.75, 3.05) is 13.1 Å². The first-order valence-corrected chi connectivity index (χ1v) is 7.16. The van der Waals surface area contributed by atoms with Crippen LogP contribution in [0.15, 0.2) is 42.0 Å².